The van der Waals surface area contributed by atoms with Crippen molar-refractivity contribution in [1.29, 1.82) is 0 Å². The summed E-state index contributed by atoms with van der Waals surface area (Å²) in [4.78, 5) is 17.4. The van der Waals surface area contributed by atoms with Gasteiger partial charge in [0.25, 0.3) is 0 Å². The summed E-state index contributed by atoms with van der Waals surface area (Å²) >= 11 is 1.36. The molecule has 0 aliphatic rings. The van der Waals surface area contributed by atoms with Crippen molar-refractivity contribution in [3.63, 3.8) is 0 Å². The van der Waals surface area contributed by atoms with Gasteiger partial charge in [-0.2, -0.15) is 4.31 Å². The summed E-state index contributed by atoms with van der Waals surface area (Å²) in [7, 11) is -3.91. The van der Waals surface area contributed by atoms with Gasteiger partial charge in [-0.1, -0.05) is 44.2 Å². The normalized spacial score (nSPS) is 13.5. The molecule has 0 spiro atoms. The quantitative estimate of drug-likeness (QED) is 0.305. The maximum Gasteiger partial charge on any atom is 0.407 e. The average Bonchev–Trinajstić information content (AvgIpc) is 3.36. The van der Waals surface area contributed by atoms with Crippen LogP contribution in [0.5, 0.6) is 0 Å². The lowest BCUT2D eigenvalue weighted by atomic mass is 10.0. The number of nitrogen functional groups attached to an aromatic ring is 1. The predicted octanol–water partition coefficient (Wildman–Crippen LogP) is 3.27. The van der Waals surface area contributed by atoms with Crippen LogP contribution in [0.2, 0.25) is 0 Å². The summed E-state index contributed by atoms with van der Waals surface area (Å²) in [6, 6.07) is 14.5. The smallest absolute Gasteiger partial charge is 0.407 e. The van der Waals surface area contributed by atoms with E-state index in [9.17, 15) is 18.3 Å². The minimum atomic E-state index is -3.91. The first-order chi connectivity index (χ1) is 17.1. The van der Waals surface area contributed by atoms with E-state index in [4.69, 9.17) is 10.5 Å². The zero-order valence-electron chi connectivity index (χ0n) is 20.3. The van der Waals surface area contributed by atoms with Crippen LogP contribution >= 0.6 is 11.3 Å². The minimum Gasteiger partial charge on any atom is -0.444 e. The van der Waals surface area contributed by atoms with Gasteiger partial charge in [0, 0.05) is 25.0 Å². The molecular weight excluding hydrogens is 500 g/mol. The molecule has 1 unspecified atom stereocenters. The molecule has 0 bridgehead atoms. The van der Waals surface area contributed by atoms with Gasteiger partial charge < -0.3 is 20.9 Å². The summed E-state index contributed by atoms with van der Waals surface area (Å²) < 4.78 is 33.4. The second kappa shape index (κ2) is 12.8. The Hall–Kier alpha value is -2.99. The molecule has 0 saturated heterocycles. The zero-order valence-corrected chi connectivity index (χ0v) is 21.9. The van der Waals surface area contributed by atoms with Gasteiger partial charge in [-0.25, -0.2) is 13.2 Å². The molecule has 194 valence electrons. The number of carbonyl (C=O) groups is 1. The molecule has 3 rings (SSSR count). The Balaban J connectivity index is 1.79. The third kappa shape index (κ3) is 8.02. The predicted molar refractivity (Wildman–Crippen MR) is 140 cm³/mol. The Morgan fingerprint density at radius 3 is 2.44 bits per heavy atom. The molecular formula is C25H32N4O5S2. The molecule has 2 atom stereocenters. The lowest BCUT2D eigenvalue weighted by molar-refractivity contribution is 0.0876. The van der Waals surface area contributed by atoms with Crippen molar-refractivity contribution in [2.45, 2.75) is 43.9 Å². The van der Waals surface area contributed by atoms with E-state index in [1.54, 1.807) is 11.7 Å². The highest BCUT2D eigenvalue weighted by Gasteiger charge is 2.31. The van der Waals surface area contributed by atoms with Crippen LogP contribution in [-0.4, -0.2) is 54.1 Å². The maximum atomic E-state index is 13.4. The van der Waals surface area contributed by atoms with Crippen molar-refractivity contribution in [3.05, 3.63) is 76.7 Å². The van der Waals surface area contributed by atoms with Crippen molar-refractivity contribution in [2.75, 3.05) is 18.8 Å². The summed E-state index contributed by atoms with van der Waals surface area (Å²) in [5.41, 5.74) is 8.69. The van der Waals surface area contributed by atoms with Gasteiger partial charge in [-0.3, -0.25) is 4.98 Å². The van der Waals surface area contributed by atoms with Gasteiger partial charge in [0.15, 0.2) is 0 Å². The van der Waals surface area contributed by atoms with E-state index < -0.39 is 28.3 Å². The number of hydrogen-bond donors (Lipinski definition) is 3. The number of aliphatic hydroxyl groups excluding tert-OH is 1. The summed E-state index contributed by atoms with van der Waals surface area (Å²) in [6.07, 6.45) is -0.0153. The number of nitrogens with one attached hydrogen (secondary N) is 1. The van der Waals surface area contributed by atoms with Gasteiger partial charge in [0.1, 0.15) is 6.61 Å². The van der Waals surface area contributed by atoms with Crippen LogP contribution in [0.25, 0.3) is 0 Å². The fourth-order valence-electron chi connectivity index (χ4n) is 3.60. The third-order valence-corrected chi connectivity index (χ3v) is 7.97. The molecule has 3 aromatic rings. The fourth-order valence-corrected chi connectivity index (χ4v) is 5.72. The second-order valence-electron chi connectivity index (χ2n) is 8.84. The zero-order chi connectivity index (χ0) is 26.1. The Bertz CT molecular complexity index is 1190. The topological polar surface area (TPSA) is 135 Å². The van der Waals surface area contributed by atoms with Gasteiger partial charge in [0.2, 0.25) is 10.0 Å². The lowest BCUT2D eigenvalue weighted by Gasteiger charge is -2.30. The number of nitrogens with zero attached hydrogens (tertiary/aromatic N) is 2. The van der Waals surface area contributed by atoms with E-state index in [1.807, 2.05) is 44.2 Å². The number of thiazole rings is 1. The molecule has 0 aliphatic heterocycles. The molecule has 0 radical (unpaired) electrons. The largest absolute Gasteiger partial charge is 0.444 e. The van der Waals surface area contributed by atoms with Crippen molar-refractivity contribution in [1.82, 2.24) is 14.6 Å². The molecule has 2 aromatic carbocycles. The monoisotopic (exact) mass is 532 g/mol. The van der Waals surface area contributed by atoms with Crippen LogP contribution in [0, 0.1) is 5.92 Å². The van der Waals surface area contributed by atoms with E-state index in [0.29, 0.717) is 5.69 Å². The van der Waals surface area contributed by atoms with E-state index in [1.165, 1.54) is 39.9 Å². The highest BCUT2D eigenvalue weighted by atomic mass is 32.2. The molecule has 11 heteroatoms. The molecule has 0 saturated carbocycles. The number of alkyl carbamates (subject to hydrolysis) is 1. The number of aromatic nitrogens is 1. The molecule has 4 N–H and O–H groups in total. The first-order valence-electron chi connectivity index (χ1n) is 11.5. The van der Waals surface area contributed by atoms with E-state index >= 15 is 0 Å². The van der Waals surface area contributed by atoms with Crippen LogP contribution in [0.15, 0.2) is 71.2 Å². The number of amides is 1. The molecule has 0 fully saturated rings. The Labute approximate surface area is 216 Å². The molecule has 36 heavy (non-hydrogen) atoms. The first-order valence-corrected chi connectivity index (χ1v) is 13.9. The molecule has 1 aromatic heterocycles. The highest BCUT2D eigenvalue weighted by Crippen LogP contribution is 2.20. The van der Waals surface area contributed by atoms with Gasteiger partial charge in [-0.15, -0.1) is 11.3 Å². The number of sulfonamides is 1. The van der Waals surface area contributed by atoms with Crippen LogP contribution in [-0.2, 0) is 27.8 Å². The molecule has 1 amide bonds. The van der Waals surface area contributed by atoms with Crippen LogP contribution in [0.1, 0.15) is 24.3 Å². The first kappa shape index (κ1) is 27.6. The van der Waals surface area contributed by atoms with E-state index in [-0.39, 0.29) is 36.9 Å². The summed E-state index contributed by atoms with van der Waals surface area (Å²) in [5.74, 6) is 0.00524. The SMILES string of the molecule is CC(C)CN(C[C@@H](O)C(Cc1ccccc1)NC(=O)OCc1cncs1)S(=O)(=O)c1ccc(N)cc1. The summed E-state index contributed by atoms with van der Waals surface area (Å²) in [5, 5.41) is 13.9. The minimum absolute atomic E-state index is 0.00524. The molecule has 9 nitrogen and oxygen atoms in total. The van der Waals surface area contributed by atoms with Crippen molar-refractivity contribution in [3.8, 4) is 0 Å². The fraction of sp³-hybridized carbons (Fsp3) is 0.360. The number of aliphatic hydroxyl groups is 1. The Kier molecular flexibility index (Phi) is 9.82. The van der Waals surface area contributed by atoms with Crippen molar-refractivity contribution < 1.29 is 23.1 Å². The van der Waals surface area contributed by atoms with Crippen LogP contribution < -0.4 is 11.1 Å². The van der Waals surface area contributed by atoms with Crippen molar-refractivity contribution >= 4 is 33.1 Å². The second-order valence-corrected chi connectivity index (χ2v) is 11.7. The number of anilines is 1. The van der Waals surface area contributed by atoms with Crippen LogP contribution in [0.4, 0.5) is 10.5 Å². The van der Waals surface area contributed by atoms with Crippen LogP contribution in [0.3, 0.4) is 0 Å². The standard InChI is InChI=1S/C25H32N4O5S2/c1-18(2)14-29(36(32,33)22-10-8-20(26)9-11-22)15-24(30)23(12-19-6-4-3-5-7-19)28-25(31)34-16-21-13-27-17-35-21/h3-11,13,17-18,23-24,30H,12,14-16,26H2,1-2H3,(H,28,31)/t23?,24-/m1/s1. The number of ether oxygens (including phenoxy) is 1. The third-order valence-electron chi connectivity index (χ3n) is 5.37. The van der Waals surface area contributed by atoms with Gasteiger partial charge >= 0.3 is 6.09 Å². The van der Waals surface area contributed by atoms with E-state index in [2.05, 4.69) is 10.3 Å². The van der Waals surface area contributed by atoms with E-state index in [0.717, 1.165) is 10.4 Å². The van der Waals surface area contributed by atoms with Crippen molar-refractivity contribution in [2.24, 2.45) is 5.92 Å². The Morgan fingerprint density at radius 1 is 1.14 bits per heavy atom. The summed E-state index contributed by atoms with van der Waals surface area (Å²) in [6.45, 7) is 3.83. The highest BCUT2D eigenvalue weighted by molar-refractivity contribution is 7.89. The van der Waals surface area contributed by atoms with Gasteiger partial charge in [0.05, 0.1) is 27.4 Å². The number of rotatable bonds is 12. The number of hydrogen-bond acceptors (Lipinski definition) is 8. The average molecular weight is 533 g/mol. The lowest BCUT2D eigenvalue weighted by Crippen LogP contribution is -2.51. The Morgan fingerprint density at radius 2 is 1.83 bits per heavy atom. The molecule has 1 heterocycles. The number of carbonyl (C=O) groups excluding carboxylic acids is 1. The molecule has 0 aliphatic carbocycles. The maximum absolute atomic E-state index is 13.4. The number of benzene rings is 2. The number of nitrogens with two attached hydrogens (primary N) is 1. The van der Waals surface area contributed by atoms with Gasteiger partial charge in [-0.05, 0) is 42.2 Å².